The number of hydrogen-bond acceptors (Lipinski definition) is 15. The van der Waals surface area contributed by atoms with E-state index < -0.39 is 93.1 Å². The SMILES string of the molecule is CCC1(CC)CC(=O)N([C@@H]2CC(CC3(C)Oc4ccccc4[C@@H](NC(=O)c4ccc5c(c4)[C@H](N4C(=O)CC(CC)(CC)N=C4N)CCS5(=O)=O)[C@@H]3O)Oc3ccc(C(=O)N[C@@H]4c5ccccc5OC(C(F)(F)F)C4O)cc32)C(N)=N1. The number of nitrogens with two attached hydrogens (primary N) is 2. The van der Waals surface area contributed by atoms with Crippen LogP contribution in [0.4, 0.5) is 13.2 Å². The lowest BCUT2D eigenvalue weighted by Gasteiger charge is -2.47. The molecule has 0 spiro atoms. The minimum atomic E-state index is -4.98. The van der Waals surface area contributed by atoms with Gasteiger partial charge < -0.3 is 46.5 Å². The van der Waals surface area contributed by atoms with E-state index in [9.17, 15) is 51.0 Å². The Bertz CT molecular complexity index is 3330. The predicted molar refractivity (Wildman–Crippen MR) is 286 cm³/mol. The lowest BCUT2D eigenvalue weighted by atomic mass is 9.79. The number of aliphatic hydroxyl groups is 2. The predicted octanol–water partition coefficient (Wildman–Crippen LogP) is 6.54. The van der Waals surface area contributed by atoms with Crippen LogP contribution >= 0.6 is 0 Å². The summed E-state index contributed by atoms with van der Waals surface area (Å²) in [5, 5.41) is 29.2. The highest BCUT2D eigenvalue weighted by molar-refractivity contribution is 7.91. The molecule has 6 heterocycles. The van der Waals surface area contributed by atoms with Crippen molar-refractivity contribution in [1.82, 2.24) is 20.4 Å². The van der Waals surface area contributed by atoms with E-state index in [1.807, 2.05) is 27.7 Å². The van der Waals surface area contributed by atoms with Crippen molar-refractivity contribution in [2.45, 2.75) is 169 Å². The summed E-state index contributed by atoms with van der Waals surface area (Å²) in [4.78, 5) is 69.3. The second-order valence-electron chi connectivity index (χ2n) is 21.9. The molecule has 10 rings (SSSR count). The molecule has 6 aliphatic rings. The number of hydrogen-bond donors (Lipinski definition) is 6. The second-order valence-corrected chi connectivity index (χ2v) is 24.0. The number of carbonyl (C=O) groups excluding carboxylic acids is 4. The Kier molecular flexibility index (Phi) is 14.5. The third kappa shape index (κ3) is 9.87. The van der Waals surface area contributed by atoms with Gasteiger partial charge in [0.1, 0.15) is 41.2 Å². The standard InChI is InChI=1S/C57H65F3N8O11S/c1-6-55(7-2)28-43(69)67(52(61)65-55)37-22-23-80(75,76)42-21-19-31(25-36(37)42)51(74)64-46-34-15-11-13-17-41(34)79-54(5,48(46)72)27-32-26-38(68-44(70)29-56(8-3,9-4)66-53(68)62)35-24-30(18-20-40(35)77-32)50(73)63-45-33-14-10-12-16-39(33)78-49(47(45)71)57(58,59)60/h10-21,24-25,32,37-38,45-49,71-72H,6-9,22-23,26-29H2,1-5H3,(H2,61,65)(H2,62,66)(H,63,73)(H,64,74)/t32?,37-,38-,45-,46-,47?,48+,49?,54?/m1/s1. The number of fused-ring (bicyclic) bond motifs is 4. The summed E-state index contributed by atoms with van der Waals surface area (Å²) < 4.78 is 87.9. The summed E-state index contributed by atoms with van der Waals surface area (Å²) in [6, 6.07) is 16.6. The molecule has 4 aromatic carbocycles. The van der Waals surface area contributed by atoms with Crippen LogP contribution in [0.15, 0.2) is 99.8 Å². The number of rotatable bonds is 12. The number of benzene rings is 4. The Morgan fingerprint density at radius 3 is 1.80 bits per heavy atom. The summed E-state index contributed by atoms with van der Waals surface area (Å²) in [6.45, 7) is 9.32. The minimum Gasteiger partial charge on any atom is -0.490 e. The quantitative estimate of drug-likeness (QED) is 0.0881. The van der Waals surface area contributed by atoms with Gasteiger partial charge in [0.2, 0.25) is 17.9 Å². The molecule has 0 aromatic heterocycles. The number of para-hydroxylation sites is 2. The van der Waals surface area contributed by atoms with Gasteiger partial charge in [-0.15, -0.1) is 0 Å². The molecule has 0 fully saturated rings. The van der Waals surface area contributed by atoms with E-state index in [1.165, 1.54) is 64.4 Å². The molecule has 80 heavy (non-hydrogen) atoms. The molecule has 0 saturated carbocycles. The van der Waals surface area contributed by atoms with E-state index in [1.54, 1.807) is 37.3 Å². The first-order valence-corrected chi connectivity index (χ1v) is 28.6. The second kappa shape index (κ2) is 20.7. The molecule has 0 bridgehead atoms. The zero-order chi connectivity index (χ0) is 57.4. The number of carbonyl (C=O) groups is 4. The van der Waals surface area contributed by atoms with Crippen LogP contribution in [0.1, 0.15) is 160 Å². The van der Waals surface area contributed by atoms with Crippen LogP contribution in [0, 0.1) is 0 Å². The number of aliphatic imine (C=N–C) groups is 2. The average Bonchev–Trinajstić information content (AvgIpc) is 3.43. The highest BCUT2D eigenvalue weighted by atomic mass is 32.2. The Balaban J connectivity index is 0.952. The Hall–Kier alpha value is -7.24. The molecule has 19 nitrogen and oxygen atoms in total. The maximum Gasteiger partial charge on any atom is 0.428 e. The monoisotopic (exact) mass is 1130 g/mol. The zero-order valence-corrected chi connectivity index (χ0v) is 45.6. The van der Waals surface area contributed by atoms with E-state index in [0.717, 1.165) is 0 Å². The van der Waals surface area contributed by atoms with Crippen molar-refractivity contribution in [1.29, 1.82) is 0 Å². The van der Waals surface area contributed by atoms with Gasteiger partial charge in [0.05, 0.1) is 58.7 Å². The van der Waals surface area contributed by atoms with Gasteiger partial charge in [-0.1, -0.05) is 64.1 Å². The number of ether oxygens (including phenoxy) is 3. The van der Waals surface area contributed by atoms with Gasteiger partial charge in [-0.2, -0.15) is 13.2 Å². The third-order valence-corrected chi connectivity index (χ3v) is 19.0. The van der Waals surface area contributed by atoms with Gasteiger partial charge >= 0.3 is 6.18 Å². The minimum absolute atomic E-state index is 0.000752. The van der Waals surface area contributed by atoms with Crippen molar-refractivity contribution in [3.63, 3.8) is 0 Å². The first-order valence-electron chi connectivity index (χ1n) is 27.0. The van der Waals surface area contributed by atoms with Gasteiger partial charge in [-0.05, 0) is 93.1 Å². The van der Waals surface area contributed by atoms with Crippen LogP contribution in [0.2, 0.25) is 0 Å². The lowest BCUT2D eigenvalue weighted by molar-refractivity contribution is -0.228. The average molecular weight is 1130 g/mol. The third-order valence-electron chi connectivity index (χ3n) is 17.2. The van der Waals surface area contributed by atoms with Gasteiger partial charge in [-0.3, -0.25) is 29.0 Å². The highest BCUT2D eigenvalue weighted by Crippen LogP contribution is 2.49. The van der Waals surface area contributed by atoms with E-state index >= 15 is 0 Å². The van der Waals surface area contributed by atoms with Crippen LogP contribution < -0.4 is 36.3 Å². The molecule has 4 unspecified atom stereocenters. The largest absolute Gasteiger partial charge is 0.490 e. The van der Waals surface area contributed by atoms with Crippen LogP contribution in [0.25, 0.3) is 0 Å². The van der Waals surface area contributed by atoms with E-state index in [0.29, 0.717) is 42.6 Å². The van der Waals surface area contributed by atoms with Crippen LogP contribution in [-0.4, -0.2) is 117 Å². The molecule has 0 aliphatic carbocycles. The van der Waals surface area contributed by atoms with Crippen LogP contribution in [0.5, 0.6) is 17.2 Å². The maximum absolute atomic E-state index is 14.6. The van der Waals surface area contributed by atoms with Crippen molar-refractivity contribution < 1.29 is 65.2 Å². The van der Waals surface area contributed by atoms with Crippen LogP contribution in [0.3, 0.4) is 0 Å². The molecule has 8 N–H and O–H groups in total. The summed E-state index contributed by atoms with van der Waals surface area (Å²) in [5.41, 5.74) is 11.3. The first-order chi connectivity index (χ1) is 37.9. The fourth-order valence-corrected chi connectivity index (χ4v) is 14.0. The smallest absolute Gasteiger partial charge is 0.428 e. The Morgan fingerprint density at radius 2 is 1.23 bits per heavy atom. The maximum atomic E-state index is 14.6. The van der Waals surface area contributed by atoms with Crippen molar-refractivity contribution >= 4 is 45.4 Å². The normalized spacial score (nSPS) is 28.2. The van der Waals surface area contributed by atoms with E-state index in [2.05, 4.69) is 10.6 Å². The fraction of sp³-hybridized carbons (Fsp3) is 0.474. The van der Waals surface area contributed by atoms with E-state index in [-0.39, 0.29) is 100 Å². The highest BCUT2D eigenvalue weighted by Gasteiger charge is 2.54. The molecule has 4 aromatic rings. The molecule has 6 aliphatic heterocycles. The molecular formula is C57H65F3N8O11S. The molecule has 0 radical (unpaired) electrons. The number of amides is 4. The topological polar surface area (TPSA) is 278 Å². The number of aliphatic hydroxyl groups excluding tert-OH is 2. The van der Waals surface area contributed by atoms with Gasteiger partial charge in [-0.25, -0.2) is 18.4 Å². The number of guanidine groups is 2. The Morgan fingerprint density at radius 1 is 0.713 bits per heavy atom. The van der Waals surface area contributed by atoms with Crippen LogP contribution in [-0.2, 0) is 19.4 Å². The lowest BCUT2D eigenvalue weighted by Crippen LogP contribution is -2.58. The van der Waals surface area contributed by atoms with Crippen molar-refractivity contribution in [2.24, 2.45) is 21.5 Å². The van der Waals surface area contributed by atoms with Gasteiger partial charge in [0, 0.05) is 40.7 Å². The number of sulfone groups is 1. The van der Waals surface area contributed by atoms with E-state index in [4.69, 9.17) is 35.7 Å². The van der Waals surface area contributed by atoms with Crippen molar-refractivity contribution in [3.05, 3.63) is 118 Å². The summed E-state index contributed by atoms with van der Waals surface area (Å²) in [7, 11) is -3.82. The Labute approximate surface area is 460 Å². The summed E-state index contributed by atoms with van der Waals surface area (Å²) in [6.07, 6.45) is -9.96. The molecule has 23 heteroatoms. The van der Waals surface area contributed by atoms with Crippen molar-refractivity contribution in [3.8, 4) is 17.2 Å². The molecular weight excluding hydrogens is 1060 g/mol. The van der Waals surface area contributed by atoms with Crippen molar-refractivity contribution in [2.75, 3.05) is 5.75 Å². The summed E-state index contributed by atoms with van der Waals surface area (Å²) in [5.74, 6) is -2.16. The fourth-order valence-electron chi connectivity index (χ4n) is 12.4. The number of nitrogens with one attached hydrogen (secondary N) is 2. The summed E-state index contributed by atoms with van der Waals surface area (Å²) >= 11 is 0. The number of alkyl halides is 3. The number of nitrogens with zero attached hydrogens (tertiary/aromatic N) is 4. The molecule has 426 valence electrons. The number of halogens is 3. The van der Waals surface area contributed by atoms with Gasteiger partial charge in [0.25, 0.3) is 11.8 Å². The molecule has 9 atom stereocenters. The first kappa shape index (κ1) is 56.1. The molecule has 0 saturated heterocycles. The molecule has 4 amide bonds. The van der Waals surface area contributed by atoms with Gasteiger partial charge in [0.15, 0.2) is 21.8 Å². The zero-order valence-electron chi connectivity index (χ0n) is 44.8.